The first-order valence-electron chi connectivity index (χ1n) is 3.26. The quantitative estimate of drug-likeness (QED) is 0.588. The van der Waals surface area contributed by atoms with Gasteiger partial charge in [0.15, 0.2) is 5.88 Å². The molecule has 0 aliphatic carbocycles. The average Bonchev–Trinajstić information content (AvgIpc) is 2.27. The molecule has 3 nitrogen and oxygen atoms in total. The van der Waals surface area contributed by atoms with Gasteiger partial charge in [0, 0.05) is 17.0 Å². The van der Waals surface area contributed by atoms with Gasteiger partial charge in [-0.1, -0.05) is 0 Å². The third kappa shape index (κ3) is 1.31. The van der Waals surface area contributed by atoms with Crippen LogP contribution in [0.2, 0.25) is 0 Å². The summed E-state index contributed by atoms with van der Waals surface area (Å²) < 4.78 is 0. The lowest BCUT2D eigenvalue weighted by Gasteiger charge is -1.89. The number of phenolic OH excluding ortho intramolecular Hbond substituents is 1. The number of benzene rings is 1. The maximum Gasteiger partial charge on any atom is 0.189 e. The second-order valence-electron chi connectivity index (χ2n) is 2.43. The highest BCUT2D eigenvalue weighted by molar-refractivity contribution is 5.85. The highest BCUT2D eigenvalue weighted by atomic mass is 35.5. The Bertz CT molecular complexity index is 397. The highest BCUT2D eigenvalue weighted by Gasteiger charge is 1.98. The summed E-state index contributed by atoms with van der Waals surface area (Å²) in [4.78, 5) is 2.73. The van der Waals surface area contributed by atoms with Crippen molar-refractivity contribution in [3.8, 4) is 11.6 Å². The Kier molecular flexibility index (Phi) is 2.15. The number of phenols is 1. The van der Waals surface area contributed by atoms with Gasteiger partial charge in [0.25, 0.3) is 0 Å². The molecule has 64 valence electrons. The molecular weight excluding hydrogens is 178 g/mol. The summed E-state index contributed by atoms with van der Waals surface area (Å²) in [5, 5.41) is 18.9. The average molecular weight is 186 g/mol. The summed E-state index contributed by atoms with van der Waals surface area (Å²) in [7, 11) is 0. The van der Waals surface area contributed by atoms with Gasteiger partial charge in [-0.2, -0.15) is 0 Å². The molecule has 0 spiro atoms. The van der Waals surface area contributed by atoms with Gasteiger partial charge in [-0.3, -0.25) is 0 Å². The van der Waals surface area contributed by atoms with Crippen molar-refractivity contribution in [3.63, 3.8) is 0 Å². The lowest BCUT2D eigenvalue weighted by atomic mass is 10.2. The van der Waals surface area contributed by atoms with Crippen molar-refractivity contribution in [1.29, 1.82) is 0 Å². The zero-order valence-electron chi connectivity index (χ0n) is 6.11. The van der Waals surface area contributed by atoms with Crippen LogP contribution < -0.4 is 0 Å². The number of aromatic amines is 1. The molecular formula is C8H8ClNO2. The SMILES string of the molecule is Cl.Oc1ccc2[nH]c(O)cc2c1. The Hall–Kier alpha value is -1.35. The van der Waals surface area contributed by atoms with Crippen molar-refractivity contribution in [1.82, 2.24) is 4.98 Å². The first kappa shape index (κ1) is 8.74. The Morgan fingerprint density at radius 2 is 1.83 bits per heavy atom. The van der Waals surface area contributed by atoms with Crippen LogP contribution in [-0.4, -0.2) is 15.2 Å². The molecule has 4 heteroatoms. The smallest absolute Gasteiger partial charge is 0.189 e. The molecule has 0 saturated heterocycles. The van der Waals surface area contributed by atoms with Gasteiger partial charge in [0.1, 0.15) is 5.75 Å². The van der Waals surface area contributed by atoms with Gasteiger partial charge >= 0.3 is 0 Å². The second kappa shape index (κ2) is 2.95. The summed E-state index contributed by atoms with van der Waals surface area (Å²) in [6.45, 7) is 0. The van der Waals surface area contributed by atoms with E-state index in [4.69, 9.17) is 10.2 Å². The number of rotatable bonds is 0. The molecule has 0 saturated carbocycles. The summed E-state index contributed by atoms with van der Waals surface area (Å²) >= 11 is 0. The lowest BCUT2D eigenvalue weighted by Crippen LogP contribution is -1.66. The highest BCUT2D eigenvalue weighted by Crippen LogP contribution is 2.22. The number of aromatic nitrogens is 1. The third-order valence-electron chi connectivity index (χ3n) is 1.59. The molecule has 0 aliphatic rings. The molecule has 0 fully saturated rings. The van der Waals surface area contributed by atoms with Crippen LogP contribution in [0.5, 0.6) is 11.6 Å². The standard InChI is InChI=1S/C8H7NO2.ClH/c10-6-1-2-7-5(3-6)4-8(11)9-7;/h1-4,9-11H;1H. The summed E-state index contributed by atoms with van der Waals surface area (Å²) in [6.07, 6.45) is 0. The van der Waals surface area contributed by atoms with Gasteiger partial charge < -0.3 is 15.2 Å². The normalized spacial score (nSPS) is 9.67. The molecule has 0 aliphatic heterocycles. The Morgan fingerprint density at radius 3 is 2.58 bits per heavy atom. The lowest BCUT2D eigenvalue weighted by molar-refractivity contribution is 0.458. The van der Waals surface area contributed by atoms with Crippen LogP contribution in [0.3, 0.4) is 0 Å². The summed E-state index contributed by atoms with van der Waals surface area (Å²) in [5.41, 5.74) is 0.820. The minimum absolute atomic E-state index is 0. The van der Waals surface area contributed by atoms with Crippen LogP contribution in [-0.2, 0) is 0 Å². The second-order valence-corrected chi connectivity index (χ2v) is 2.43. The van der Waals surface area contributed by atoms with Crippen molar-refractivity contribution < 1.29 is 10.2 Å². The number of hydrogen-bond donors (Lipinski definition) is 3. The van der Waals surface area contributed by atoms with Crippen molar-refractivity contribution in [2.24, 2.45) is 0 Å². The number of fused-ring (bicyclic) bond motifs is 1. The third-order valence-corrected chi connectivity index (χ3v) is 1.59. The minimum atomic E-state index is 0. The molecule has 0 unspecified atom stereocenters. The van der Waals surface area contributed by atoms with E-state index < -0.39 is 0 Å². The number of nitrogens with one attached hydrogen (secondary N) is 1. The van der Waals surface area contributed by atoms with E-state index in [2.05, 4.69) is 4.98 Å². The number of hydrogen-bond acceptors (Lipinski definition) is 2. The fourth-order valence-electron chi connectivity index (χ4n) is 1.10. The monoisotopic (exact) mass is 185 g/mol. The number of aromatic hydroxyl groups is 2. The molecule has 12 heavy (non-hydrogen) atoms. The molecule has 1 aromatic heterocycles. The molecule has 0 amide bonds. The molecule has 1 aromatic carbocycles. The van der Waals surface area contributed by atoms with E-state index in [-0.39, 0.29) is 24.0 Å². The maximum atomic E-state index is 9.04. The molecule has 0 bridgehead atoms. The first-order chi connectivity index (χ1) is 5.25. The van der Waals surface area contributed by atoms with Crippen LogP contribution in [0.1, 0.15) is 0 Å². The van der Waals surface area contributed by atoms with Gasteiger partial charge in [-0.25, -0.2) is 0 Å². The Labute approximate surface area is 75.1 Å². The zero-order chi connectivity index (χ0) is 7.84. The van der Waals surface area contributed by atoms with Crippen molar-refractivity contribution >= 4 is 23.3 Å². The zero-order valence-corrected chi connectivity index (χ0v) is 6.93. The van der Waals surface area contributed by atoms with Gasteiger partial charge in [0.2, 0.25) is 0 Å². The predicted molar refractivity (Wildman–Crippen MR) is 48.9 cm³/mol. The first-order valence-corrected chi connectivity index (χ1v) is 3.26. The Morgan fingerprint density at radius 1 is 1.08 bits per heavy atom. The van der Waals surface area contributed by atoms with E-state index in [0.717, 1.165) is 10.9 Å². The molecule has 3 N–H and O–H groups in total. The maximum absolute atomic E-state index is 9.04. The molecule has 0 atom stereocenters. The van der Waals surface area contributed by atoms with Crippen LogP contribution >= 0.6 is 12.4 Å². The van der Waals surface area contributed by atoms with Crippen LogP contribution in [0, 0.1) is 0 Å². The molecule has 2 aromatic rings. The van der Waals surface area contributed by atoms with Crippen LogP contribution in [0.4, 0.5) is 0 Å². The van der Waals surface area contributed by atoms with Crippen molar-refractivity contribution in [2.45, 2.75) is 0 Å². The van der Waals surface area contributed by atoms with E-state index in [1.165, 1.54) is 0 Å². The molecule has 2 rings (SSSR count). The van der Waals surface area contributed by atoms with Gasteiger partial charge in [-0.05, 0) is 18.2 Å². The van der Waals surface area contributed by atoms with Gasteiger partial charge in [-0.15, -0.1) is 12.4 Å². The van der Waals surface area contributed by atoms with Crippen molar-refractivity contribution in [3.05, 3.63) is 24.3 Å². The summed E-state index contributed by atoms with van der Waals surface area (Å²) in [5.74, 6) is 0.321. The Balaban J connectivity index is 0.000000720. The molecule has 0 radical (unpaired) electrons. The minimum Gasteiger partial charge on any atom is -0.508 e. The van der Waals surface area contributed by atoms with E-state index in [9.17, 15) is 0 Å². The van der Waals surface area contributed by atoms with E-state index in [0.29, 0.717) is 0 Å². The molecule has 1 heterocycles. The topological polar surface area (TPSA) is 56.2 Å². The van der Waals surface area contributed by atoms with Crippen LogP contribution in [0.15, 0.2) is 24.3 Å². The van der Waals surface area contributed by atoms with Gasteiger partial charge in [0.05, 0.1) is 0 Å². The van der Waals surface area contributed by atoms with E-state index >= 15 is 0 Å². The number of H-pyrrole nitrogens is 1. The predicted octanol–water partition coefficient (Wildman–Crippen LogP) is 2.00. The van der Waals surface area contributed by atoms with Crippen molar-refractivity contribution in [2.75, 3.05) is 0 Å². The largest absolute Gasteiger partial charge is 0.508 e. The van der Waals surface area contributed by atoms with E-state index in [1.807, 2.05) is 0 Å². The van der Waals surface area contributed by atoms with Crippen LogP contribution in [0.25, 0.3) is 10.9 Å². The fraction of sp³-hybridized carbons (Fsp3) is 0. The summed E-state index contributed by atoms with van der Waals surface area (Å²) in [6, 6.07) is 6.43. The number of halogens is 1. The van der Waals surface area contributed by atoms with E-state index in [1.54, 1.807) is 24.3 Å². The fourth-order valence-corrected chi connectivity index (χ4v) is 1.10.